The Kier molecular flexibility index (Phi) is 2.94. The van der Waals surface area contributed by atoms with Gasteiger partial charge in [0.05, 0.1) is 11.4 Å². The molecule has 0 atom stereocenters. The number of rotatable bonds is 2. The molecule has 0 fully saturated rings. The summed E-state index contributed by atoms with van der Waals surface area (Å²) in [6.07, 6.45) is 0. The van der Waals surface area contributed by atoms with Crippen LogP contribution in [0.15, 0.2) is 30.3 Å². The molecule has 108 valence electrons. The number of carbonyl (C=O) groups excluding carboxylic acids is 1. The highest BCUT2D eigenvalue weighted by Gasteiger charge is 2.18. The first-order valence-corrected chi connectivity index (χ1v) is 6.06. The second-order valence-corrected chi connectivity index (χ2v) is 4.48. The van der Waals surface area contributed by atoms with E-state index in [9.17, 15) is 15.0 Å². The van der Waals surface area contributed by atoms with Crippen molar-refractivity contribution in [2.45, 2.75) is 0 Å². The summed E-state index contributed by atoms with van der Waals surface area (Å²) >= 11 is 0. The number of nitrogens with two attached hydrogens (primary N) is 1. The van der Waals surface area contributed by atoms with Gasteiger partial charge >= 0.3 is 0 Å². The zero-order valence-corrected chi connectivity index (χ0v) is 10.8. The largest absolute Gasteiger partial charge is 0.508 e. The fourth-order valence-electron chi connectivity index (χ4n) is 1.99. The second kappa shape index (κ2) is 4.78. The summed E-state index contributed by atoms with van der Waals surface area (Å²) < 4.78 is 10.4. The van der Waals surface area contributed by atoms with Gasteiger partial charge in [-0.25, -0.2) is 0 Å². The van der Waals surface area contributed by atoms with Crippen molar-refractivity contribution in [3.8, 4) is 23.0 Å². The van der Waals surface area contributed by atoms with Crippen LogP contribution >= 0.6 is 0 Å². The zero-order valence-electron chi connectivity index (χ0n) is 10.8. The first-order valence-electron chi connectivity index (χ1n) is 6.06. The molecule has 7 heteroatoms. The van der Waals surface area contributed by atoms with Crippen molar-refractivity contribution >= 4 is 17.3 Å². The third-order valence-corrected chi connectivity index (χ3v) is 2.96. The molecule has 3 rings (SSSR count). The van der Waals surface area contributed by atoms with Crippen LogP contribution in [0.3, 0.4) is 0 Å². The molecule has 1 heterocycles. The van der Waals surface area contributed by atoms with Crippen molar-refractivity contribution in [3.63, 3.8) is 0 Å². The standard InChI is InChI=1S/C14H12N2O5/c15-10-4-12-13(21-6-20-12)5-11(10)16-14(19)7-1-8(17)3-9(18)2-7/h1-5,17-18H,6,15H2,(H,16,19). The summed E-state index contributed by atoms with van der Waals surface area (Å²) in [5.41, 5.74) is 6.60. The minimum Gasteiger partial charge on any atom is -0.508 e. The molecule has 0 saturated carbocycles. The fraction of sp³-hybridized carbons (Fsp3) is 0.0714. The van der Waals surface area contributed by atoms with Gasteiger partial charge in [0.25, 0.3) is 5.91 Å². The Morgan fingerprint density at radius 3 is 2.33 bits per heavy atom. The number of carbonyl (C=O) groups is 1. The van der Waals surface area contributed by atoms with Crippen LogP contribution in [0, 0.1) is 0 Å². The fourth-order valence-corrected chi connectivity index (χ4v) is 1.99. The van der Waals surface area contributed by atoms with Crippen LogP contribution in [-0.4, -0.2) is 22.9 Å². The molecule has 5 N–H and O–H groups in total. The van der Waals surface area contributed by atoms with Crippen LogP contribution in [0.4, 0.5) is 11.4 Å². The van der Waals surface area contributed by atoms with E-state index in [0.717, 1.165) is 6.07 Å². The maximum absolute atomic E-state index is 12.1. The van der Waals surface area contributed by atoms with Gasteiger partial charge in [-0.05, 0) is 12.1 Å². The van der Waals surface area contributed by atoms with E-state index in [1.54, 1.807) is 12.1 Å². The third-order valence-electron chi connectivity index (χ3n) is 2.96. The van der Waals surface area contributed by atoms with Gasteiger partial charge in [-0.1, -0.05) is 0 Å². The average molecular weight is 288 g/mol. The highest BCUT2D eigenvalue weighted by Crippen LogP contribution is 2.38. The van der Waals surface area contributed by atoms with Gasteiger partial charge in [-0.2, -0.15) is 0 Å². The van der Waals surface area contributed by atoms with E-state index in [1.807, 2.05) is 0 Å². The number of anilines is 2. The van der Waals surface area contributed by atoms with Gasteiger partial charge in [-0.3, -0.25) is 4.79 Å². The Labute approximate surface area is 119 Å². The molecule has 0 bridgehead atoms. The number of ether oxygens (including phenoxy) is 2. The van der Waals surface area contributed by atoms with Gasteiger partial charge in [0.1, 0.15) is 11.5 Å². The summed E-state index contributed by atoms with van der Waals surface area (Å²) in [5.74, 6) is 0.0585. The number of aromatic hydroxyl groups is 2. The number of phenolic OH excluding ortho intramolecular Hbond substituents is 2. The maximum atomic E-state index is 12.1. The Morgan fingerprint density at radius 1 is 1.05 bits per heavy atom. The number of fused-ring (bicyclic) bond motifs is 1. The minimum absolute atomic E-state index is 0.101. The summed E-state index contributed by atoms with van der Waals surface area (Å²) in [6, 6.07) is 6.71. The van der Waals surface area contributed by atoms with Crippen LogP contribution in [0.25, 0.3) is 0 Å². The average Bonchev–Trinajstić information content (AvgIpc) is 2.85. The van der Waals surface area contributed by atoms with E-state index < -0.39 is 5.91 Å². The SMILES string of the molecule is Nc1cc2c(cc1NC(=O)c1cc(O)cc(O)c1)OCO2. The smallest absolute Gasteiger partial charge is 0.255 e. The number of amides is 1. The van der Waals surface area contributed by atoms with Crippen molar-refractivity contribution < 1.29 is 24.5 Å². The van der Waals surface area contributed by atoms with E-state index >= 15 is 0 Å². The van der Waals surface area contributed by atoms with E-state index in [-0.39, 0.29) is 23.9 Å². The number of phenols is 2. The number of hydrogen-bond donors (Lipinski definition) is 4. The Hall–Kier alpha value is -3.09. The first-order chi connectivity index (χ1) is 10.0. The number of nitrogen functional groups attached to an aromatic ring is 1. The molecule has 2 aromatic rings. The van der Waals surface area contributed by atoms with Crippen LogP contribution < -0.4 is 20.5 Å². The predicted molar refractivity (Wildman–Crippen MR) is 74.7 cm³/mol. The van der Waals surface area contributed by atoms with Gasteiger partial charge in [0.15, 0.2) is 11.5 Å². The molecule has 1 aliphatic rings. The van der Waals surface area contributed by atoms with E-state index in [0.29, 0.717) is 22.9 Å². The highest BCUT2D eigenvalue weighted by molar-refractivity contribution is 6.06. The zero-order chi connectivity index (χ0) is 15.0. The summed E-state index contributed by atoms with van der Waals surface area (Å²) in [4.78, 5) is 12.1. The molecule has 0 unspecified atom stereocenters. The molecule has 0 aliphatic carbocycles. The van der Waals surface area contributed by atoms with E-state index in [1.165, 1.54) is 12.1 Å². The quantitative estimate of drug-likeness (QED) is 0.625. The predicted octanol–water partition coefficient (Wildman–Crippen LogP) is 1.66. The number of hydrogen-bond acceptors (Lipinski definition) is 6. The number of nitrogens with one attached hydrogen (secondary N) is 1. The maximum Gasteiger partial charge on any atom is 0.255 e. The molecular weight excluding hydrogens is 276 g/mol. The van der Waals surface area contributed by atoms with Gasteiger partial charge in [-0.15, -0.1) is 0 Å². The summed E-state index contributed by atoms with van der Waals surface area (Å²) in [5, 5.41) is 21.4. The normalized spacial score (nSPS) is 12.2. The topological polar surface area (TPSA) is 114 Å². The van der Waals surface area contributed by atoms with Crippen molar-refractivity contribution in [3.05, 3.63) is 35.9 Å². The summed E-state index contributed by atoms with van der Waals surface area (Å²) in [7, 11) is 0. The Morgan fingerprint density at radius 2 is 1.67 bits per heavy atom. The second-order valence-electron chi connectivity index (χ2n) is 4.48. The molecule has 21 heavy (non-hydrogen) atoms. The molecule has 0 spiro atoms. The van der Waals surface area contributed by atoms with Gasteiger partial charge < -0.3 is 30.7 Å². The van der Waals surface area contributed by atoms with Crippen molar-refractivity contribution in [1.29, 1.82) is 0 Å². The van der Waals surface area contributed by atoms with E-state index in [4.69, 9.17) is 15.2 Å². The molecule has 7 nitrogen and oxygen atoms in total. The van der Waals surface area contributed by atoms with E-state index in [2.05, 4.69) is 5.32 Å². The van der Waals surface area contributed by atoms with Crippen molar-refractivity contribution in [2.75, 3.05) is 17.8 Å². The Bertz CT molecular complexity index is 709. The highest BCUT2D eigenvalue weighted by atomic mass is 16.7. The van der Waals surface area contributed by atoms with Crippen molar-refractivity contribution in [1.82, 2.24) is 0 Å². The van der Waals surface area contributed by atoms with Gasteiger partial charge in [0.2, 0.25) is 6.79 Å². The molecule has 1 aliphatic heterocycles. The first kappa shape index (κ1) is 12.9. The summed E-state index contributed by atoms with van der Waals surface area (Å²) in [6.45, 7) is 0.104. The molecule has 0 radical (unpaired) electrons. The lowest BCUT2D eigenvalue weighted by Crippen LogP contribution is -2.13. The van der Waals surface area contributed by atoms with Crippen molar-refractivity contribution in [2.24, 2.45) is 0 Å². The molecule has 2 aromatic carbocycles. The number of benzene rings is 2. The third kappa shape index (κ3) is 2.48. The molecular formula is C14H12N2O5. The minimum atomic E-state index is -0.522. The monoisotopic (exact) mass is 288 g/mol. The van der Waals surface area contributed by atoms with Crippen LogP contribution in [0.2, 0.25) is 0 Å². The van der Waals surface area contributed by atoms with Crippen LogP contribution in [0.5, 0.6) is 23.0 Å². The van der Waals surface area contributed by atoms with Gasteiger partial charge in [0, 0.05) is 23.8 Å². The lowest BCUT2D eigenvalue weighted by molar-refractivity contribution is 0.102. The molecule has 0 aromatic heterocycles. The molecule has 1 amide bonds. The molecule has 0 saturated heterocycles. The lowest BCUT2D eigenvalue weighted by Gasteiger charge is -2.10. The van der Waals surface area contributed by atoms with Crippen LogP contribution in [-0.2, 0) is 0 Å². The Balaban J connectivity index is 1.88. The lowest BCUT2D eigenvalue weighted by atomic mass is 10.1. The van der Waals surface area contributed by atoms with Crippen LogP contribution in [0.1, 0.15) is 10.4 Å².